The highest BCUT2D eigenvalue weighted by molar-refractivity contribution is 5.79. The van der Waals surface area contributed by atoms with Gasteiger partial charge >= 0.3 is 0 Å². The maximum atomic E-state index is 13.7. The SMILES string of the molecule is Cc1cc(F)ccc1-c1c(-c2ccc(F)cc2)nc(-c2ccc(F)cc2)c[n+]1C. The fraction of sp³-hybridized carbons (Fsp3) is 0.0833. The summed E-state index contributed by atoms with van der Waals surface area (Å²) in [5.74, 6) is -0.976. The summed E-state index contributed by atoms with van der Waals surface area (Å²) >= 11 is 0. The van der Waals surface area contributed by atoms with E-state index in [0.29, 0.717) is 11.4 Å². The minimum Gasteiger partial charge on any atom is -0.234 e. The molecule has 29 heavy (non-hydrogen) atoms. The van der Waals surface area contributed by atoms with Crippen LogP contribution in [0.25, 0.3) is 33.8 Å². The molecule has 3 aromatic carbocycles. The Bertz CT molecular complexity index is 1180. The smallest absolute Gasteiger partial charge is 0.234 e. The van der Waals surface area contributed by atoms with Crippen molar-refractivity contribution in [2.75, 3.05) is 0 Å². The van der Waals surface area contributed by atoms with Gasteiger partial charge in [0, 0.05) is 11.1 Å². The molecule has 4 rings (SSSR count). The Morgan fingerprint density at radius 1 is 0.724 bits per heavy atom. The predicted molar refractivity (Wildman–Crippen MR) is 106 cm³/mol. The minimum atomic E-state index is -0.340. The van der Waals surface area contributed by atoms with Crippen molar-refractivity contribution < 1.29 is 17.7 Å². The second-order valence-corrected chi connectivity index (χ2v) is 6.91. The van der Waals surface area contributed by atoms with Crippen LogP contribution in [0.1, 0.15) is 5.56 Å². The van der Waals surface area contributed by atoms with Crippen LogP contribution in [0.3, 0.4) is 0 Å². The van der Waals surface area contributed by atoms with Gasteiger partial charge in [-0.05, 0) is 79.2 Å². The molecule has 0 N–H and O–H groups in total. The van der Waals surface area contributed by atoms with Crippen LogP contribution in [-0.2, 0) is 7.05 Å². The van der Waals surface area contributed by atoms with Crippen LogP contribution in [0.15, 0.2) is 72.9 Å². The van der Waals surface area contributed by atoms with Gasteiger partial charge < -0.3 is 0 Å². The zero-order chi connectivity index (χ0) is 20.5. The minimum absolute atomic E-state index is 0.312. The van der Waals surface area contributed by atoms with Crippen molar-refractivity contribution in [1.82, 2.24) is 4.98 Å². The Morgan fingerprint density at radius 3 is 1.86 bits per heavy atom. The van der Waals surface area contributed by atoms with Gasteiger partial charge in [-0.2, -0.15) is 4.57 Å². The van der Waals surface area contributed by atoms with E-state index >= 15 is 0 Å². The maximum Gasteiger partial charge on any atom is 0.239 e. The van der Waals surface area contributed by atoms with Crippen LogP contribution in [0, 0.1) is 24.4 Å². The molecule has 0 atom stereocenters. The van der Waals surface area contributed by atoms with Crippen LogP contribution < -0.4 is 4.57 Å². The first-order valence-corrected chi connectivity index (χ1v) is 9.11. The van der Waals surface area contributed by atoms with Gasteiger partial charge in [-0.25, -0.2) is 18.2 Å². The molecular weight excluding hydrogens is 373 g/mol. The third-order valence-electron chi connectivity index (χ3n) is 4.83. The van der Waals surface area contributed by atoms with Crippen LogP contribution in [0.2, 0.25) is 0 Å². The van der Waals surface area contributed by atoms with Crippen LogP contribution in [0.5, 0.6) is 0 Å². The second-order valence-electron chi connectivity index (χ2n) is 6.91. The maximum absolute atomic E-state index is 13.7. The highest BCUT2D eigenvalue weighted by Gasteiger charge is 2.23. The molecule has 1 aromatic heterocycles. The molecule has 0 bridgehead atoms. The predicted octanol–water partition coefficient (Wildman–Crippen LogP) is 5.63. The summed E-state index contributed by atoms with van der Waals surface area (Å²) in [6.07, 6.45) is 1.85. The monoisotopic (exact) mass is 391 g/mol. The number of benzene rings is 3. The summed E-state index contributed by atoms with van der Waals surface area (Å²) in [5, 5.41) is 0. The average Bonchev–Trinajstić information content (AvgIpc) is 2.69. The lowest BCUT2D eigenvalue weighted by Gasteiger charge is -2.12. The molecule has 0 saturated heterocycles. The topological polar surface area (TPSA) is 16.8 Å². The Labute approximate surface area is 166 Å². The summed E-state index contributed by atoms with van der Waals surface area (Å²) in [6, 6.07) is 16.8. The Balaban J connectivity index is 1.99. The van der Waals surface area contributed by atoms with Gasteiger partial charge in [0.1, 0.15) is 35.9 Å². The van der Waals surface area contributed by atoms with Crippen molar-refractivity contribution in [2.24, 2.45) is 7.05 Å². The quantitative estimate of drug-likeness (QED) is 0.414. The Kier molecular flexibility index (Phi) is 4.89. The molecular formula is C24H18F3N2+. The number of aryl methyl sites for hydroxylation is 2. The average molecular weight is 391 g/mol. The molecule has 0 radical (unpaired) electrons. The fourth-order valence-electron chi connectivity index (χ4n) is 3.40. The first-order chi connectivity index (χ1) is 13.9. The molecule has 0 aliphatic heterocycles. The second kappa shape index (κ2) is 7.51. The van der Waals surface area contributed by atoms with Crippen molar-refractivity contribution in [3.63, 3.8) is 0 Å². The van der Waals surface area contributed by atoms with Crippen molar-refractivity contribution in [1.29, 1.82) is 0 Å². The van der Waals surface area contributed by atoms with Gasteiger partial charge in [0.15, 0.2) is 6.20 Å². The lowest BCUT2D eigenvalue weighted by Crippen LogP contribution is -2.32. The number of hydrogen-bond acceptors (Lipinski definition) is 1. The lowest BCUT2D eigenvalue weighted by atomic mass is 9.99. The van der Waals surface area contributed by atoms with E-state index < -0.39 is 0 Å². The van der Waals surface area contributed by atoms with Gasteiger partial charge in [-0.1, -0.05) is 0 Å². The van der Waals surface area contributed by atoms with Crippen molar-refractivity contribution in [3.8, 4) is 33.8 Å². The summed E-state index contributed by atoms with van der Waals surface area (Å²) in [4.78, 5) is 4.81. The van der Waals surface area contributed by atoms with E-state index in [1.807, 2.05) is 24.7 Å². The highest BCUT2D eigenvalue weighted by Crippen LogP contribution is 2.32. The van der Waals surface area contributed by atoms with Gasteiger partial charge in [0.2, 0.25) is 5.69 Å². The summed E-state index contributed by atoms with van der Waals surface area (Å²) in [5.41, 5.74) is 5.13. The van der Waals surface area contributed by atoms with Crippen LogP contribution >= 0.6 is 0 Å². The summed E-state index contributed by atoms with van der Waals surface area (Å²) < 4.78 is 42.4. The molecule has 0 fully saturated rings. The summed E-state index contributed by atoms with van der Waals surface area (Å²) in [6.45, 7) is 1.83. The zero-order valence-electron chi connectivity index (χ0n) is 16.0. The van der Waals surface area contributed by atoms with Crippen molar-refractivity contribution in [3.05, 3.63) is 95.9 Å². The number of aromatic nitrogens is 2. The molecule has 4 aromatic rings. The van der Waals surface area contributed by atoms with Gasteiger partial charge in [0.25, 0.3) is 0 Å². The molecule has 144 valence electrons. The van der Waals surface area contributed by atoms with E-state index in [0.717, 1.165) is 27.9 Å². The highest BCUT2D eigenvalue weighted by atomic mass is 19.1. The van der Waals surface area contributed by atoms with E-state index in [1.165, 1.54) is 36.4 Å². The van der Waals surface area contributed by atoms with E-state index in [-0.39, 0.29) is 17.5 Å². The Hall–Kier alpha value is -3.47. The molecule has 0 unspecified atom stereocenters. The number of rotatable bonds is 3. The van der Waals surface area contributed by atoms with Gasteiger partial charge in [-0.15, -0.1) is 0 Å². The molecule has 0 aliphatic rings. The fourth-order valence-corrected chi connectivity index (χ4v) is 3.40. The van der Waals surface area contributed by atoms with Gasteiger partial charge in [0.05, 0.1) is 5.56 Å². The number of nitrogens with zero attached hydrogens (tertiary/aromatic N) is 2. The molecule has 5 heteroatoms. The number of hydrogen-bond donors (Lipinski definition) is 0. The lowest BCUT2D eigenvalue weighted by molar-refractivity contribution is -0.659. The number of halogens is 3. The molecule has 2 nitrogen and oxygen atoms in total. The van der Waals surface area contributed by atoms with Gasteiger partial charge in [-0.3, -0.25) is 0 Å². The van der Waals surface area contributed by atoms with E-state index in [2.05, 4.69) is 0 Å². The zero-order valence-corrected chi connectivity index (χ0v) is 16.0. The van der Waals surface area contributed by atoms with Crippen molar-refractivity contribution >= 4 is 0 Å². The third kappa shape index (κ3) is 3.76. The Morgan fingerprint density at radius 2 is 1.28 bits per heavy atom. The molecule has 0 saturated carbocycles. The standard InChI is InChI=1S/C24H18F3N2/c1-15-13-20(27)11-12-21(15)24-23(17-5-9-19(26)10-6-17)28-22(14-29(24)2)16-3-7-18(25)8-4-16/h3-14H,1-2H3/q+1. The first-order valence-electron chi connectivity index (χ1n) is 9.11. The summed E-state index contributed by atoms with van der Waals surface area (Å²) in [7, 11) is 1.87. The molecule has 0 spiro atoms. The van der Waals surface area contributed by atoms with Crippen LogP contribution in [0.4, 0.5) is 13.2 Å². The van der Waals surface area contributed by atoms with Crippen LogP contribution in [-0.4, -0.2) is 4.98 Å². The first kappa shape index (κ1) is 18.9. The molecule has 0 amide bonds. The third-order valence-corrected chi connectivity index (χ3v) is 4.83. The van der Waals surface area contributed by atoms with E-state index in [4.69, 9.17) is 4.98 Å². The van der Waals surface area contributed by atoms with Crippen molar-refractivity contribution in [2.45, 2.75) is 6.92 Å². The normalized spacial score (nSPS) is 10.9. The van der Waals surface area contributed by atoms with E-state index in [9.17, 15) is 13.2 Å². The molecule has 1 heterocycles. The molecule has 0 aliphatic carbocycles. The van der Waals surface area contributed by atoms with E-state index in [1.54, 1.807) is 30.3 Å². The largest absolute Gasteiger partial charge is 0.239 e.